The molecule has 0 saturated carbocycles. The zero-order valence-electron chi connectivity index (χ0n) is 15.2. The Bertz CT molecular complexity index is 906. The molecular formula is C21H21N3O3. The van der Waals surface area contributed by atoms with Crippen LogP contribution in [-0.4, -0.2) is 40.7 Å². The summed E-state index contributed by atoms with van der Waals surface area (Å²) in [5.74, 6) is 1.84. The second-order valence-electron chi connectivity index (χ2n) is 6.74. The van der Waals surface area contributed by atoms with Gasteiger partial charge < -0.3 is 14.1 Å². The largest absolute Gasteiger partial charge is 0.484 e. The van der Waals surface area contributed by atoms with Crippen LogP contribution in [0.3, 0.4) is 0 Å². The lowest BCUT2D eigenvalue weighted by Gasteiger charge is -2.16. The summed E-state index contributed by atoms with van der Waals surface area (Å²) in [4.78, 5) is 14.2. The zero-order chi connectivity index (χ0) is 18.6. The van der Waals surface area contributed by atoms with Crippen LogP contribution in [0.5, 0.6) is 5.75 Å². The molecular weight excluding hydrogens is 342 g/mol. The van der Waals surface area contributed by atoms with Crippen molar-refractivity contribution in [3.8, 4) is 17.2 Å². The van der Waals surface area contributed by atoms with Crippen LogP contribution in [0.2, 0.25) is 0 Å². The van der Waals surface area contributed by atoms with Crippen LogP contribution >= 0.6 is 0 Å². The van der Waals surface area contributed by atoms with Gasteiger partial charge in [-0.3, -0.25) is 4.79 Å². The summed E-state index contributed by atoms with van der Waals surface area (Å²) in [5.41, 5.74) is 2.09. The van der Waals surface area contributed by atoms with E-state index in [0.717, 1.165) is 12.0 Å². The molecule has 1 atom stereocenters. The van der Waals surface area contributed by atoms with Crippen molar-refractivity contribution in [2.45, 2.75) is 19.3 Å². The molecule has 6 heteroatoms. The van der Waals surface area contributed by atoms with Crippen LogP contribution in [0.4, 0.5) is 0 Å². The normalized spacial score (nSPS) is 16.5. The highest BCUT2D eigenvalue weighted by Gasteiger charge is 2.31. The number of nitrogens with zero attached hydrogens (tertiary/aromatic N) is 3. The average Bonchev–Trinajstić information content (AvgIpc) is 3.37. The molecule has 27 heavy (non-hydrogen) atoms. The number of para-hydroxylation sites is 1. The molecule has 1 aliphatic heterocycles. The number of hydrogen-bond donors (Lipinski definition) is 0. The third kappa shape index (κ3) is 4.00. The van der Waals surface area contributed by atoms with Crippen LogP contribution in [0.25, 0.3) is 11.5 Å². The number of aromatic nitrogens is 2. The fraction of sp³-hybridized carbons (Fsp3) is 0.286. The number of aryl methyl sites for hydroxylation is 1. The van der Waals surface area contributed by atoms with Gasteiger partial charge in [-0.05, 0) is 37.6 Å². The van der Waals surface area contributed by atoms with Gasteiger partial charge in [0.25, 0.3) is 5.91 Å². The Balaban J connectivity index is 1.35. The van der Waals surface area contributed by atoms with E-state index in [1.165, 1.54) is 5.56 Å². The van der Waals surface area contributed by atoms with Crippen LogP contribution in [-0.2, 0) is 4.79 Å². The Kier molecular flexibility index (Phi) is 4.87. The van der Waals surface area contributed by atoms with Gasteiger partial charge in [-0.1, -0.05) is 35.9 Å². The van der Waals surface area contributed by atoms with Gasteiger partial charge in [-0.2, -0.15) is 0 Å². The summed E-state index contributed by atoms with van der Waals surface area (Å²) in [6.07, 6.45) is 0.812. The number of benzene rings is 2. The first-order chi connectivity index (χ1) is 13.2. The number of carbonyl (C=O) groups is 1. The number of amides is 1. The Hall–Kier alpha value is -3.15. The Morgan fingerprint density at radius 2 is 1.93 bits per heavy atom. The SMILES string of the molecule is Cc1ccc(-c2nnc([C@H]3CCN(C(=O)COc4ccccc4)C3)o2)cc1. The number of rotatable bonds is 5. The van der Waals surface area contributed by atoms with Crippen molar-refractivity contribution in [1.82, 2.24) is 15.1 Å². The predicted molar refractivity (Wildman–Crippen MR) is 100 cm³/mol. The molecule has 1 aromatic heterocycles. The highest BCUT2D eigenvalue weighted by molar-refractivity contribution is 5.78. The third-order valence-electron chi connectivity index (χ3n) is 4.73. The Morgan fingerprint density at radius 1 is 1.15 bits per heavy atom. The molecule has 138 valence electrons. The average molecular weight is 363 g/mol. The van der Waals surface area contributed by atoms with E-state index in [0.29, 0.717) is 30.6 Å². The standard InChI is InChI=1S/C21H21N3O3/c1-15-7-9-16(10-8-15)20-22-23-21(27-20)17-11-12-24(13-17)19(25)14-26-18-5-3-2-4-6-18/h2-10,17H,11-14H2,1H3/t17-/m0/s1. The van der Waals surface area contributed by atoms with Crippen molar-refractivity contribution < 1.29 is 13.9 Å². The zero-order valence-corrected chi connectivity index (χ0v) is 15.2. The van der Waals surface area contributed by atoms with Gasteiger partial charge >= 0.3 is 0 Å². The van der Waals surface area contributed by atoms with E-state index in [9.17, 15) is 4.79 Å². The van der Waals surface area contributed by atoms with Crippen molar-refractivity contribution in [3.63, 3.8) is 0 Å². The molecule has 6 nitrogen and oxygen atoms in total. The van der Waals surface area contributed by atoms with Crippen molar-refractivity contribution in [3.05, 3.63) is 66.1 Å². The quantitative estimate of drug-likeness (QED) is 0.695. The van der Waals surface area contributed by atoms with Crippen molar-refractivity contribution in [2.24, 2.45) is 0 Å². The van der Waals surface area contributed by atoms with E-state index in [1.807, 2.05) is 61.5 Å². The van der Waals surface area contributed by atoms with Crippen LogP contribution in [0.1, 0.15) is 23.8 Å². The summed E-state index contributed by atoms with van der Waals surface area (Å²) < 4.78 is 11.4. The van der Waals surface area contributed by atoms with Crippen LogP contribution in [0, 0.1) is 6.92 Å². The van der Waals surface area contributed by atoms with Gasteiger partial charge in [-0.15, -0.1) is 10.2 Å². The number of likely N-dealkylation sites (tertiary alicyclic amines) is 1. The Labute approximate surface area is 157 Å². The maximum absolute atomic E-state index is 12.4. The molecule has 2 heterocycles. The predicted octanol–water partition coefficient (Wildman–Crippen LogP) is 3.44. The van der Waals surface area contributed by atoms with E-state index in [1.54, 1.807) is 4.90 Å². The first-order valence-electron chi connectivity index (χ1n) is 9.05. The number of ether oxygens (including phenoxy) is 1. The maximum atomic E-state index is 12.4. The van der Waals surface area contributed by atoms with E-state index in [2.05, 4.69) is 10.2 Å². The van der Waals surface area contributed by atoms with Crippen LogP contribution < -0.4 is 4.74 Å². The van der Waals surface area contributed by atoms with Gasteiger partial charge in [0, 0.05) is 18.7 Å². The molecule has 0 N–H and O–H groups in total. The van der Waals surface area contributed by atoms with Crippen LogP contribution in [0.15, 0.2) is 59.0 Å². The van der Waals surface area contributed by atoms with Gasteiger partial charge in [0.15, 0.2) is 6.61 Å². The van der Waals surface area contributed by atoms with E-state index < -0.39 is 0 Å². The number of carbonyl (C=O) groups excluding carboxylic acids is 1. The fourth-order valence-electron chi connectivity index (χ4n) is 3.15. The smallest absolute Gasteiger partial charge is 0.260 e. The van der Waals surface area contributed by atoms with Crippen molar-refractivity contribution >= 4 is 5.91 Å². The number of hydrogen-bond acceptors (Lipinski definition) is 5. The molecule has 1 fully saturated rings. The molecule has 0 bridgehead atoms. The summed E-state index contributed by atoms with van der Waals surface area (Å²) in [7, 11) is 0. The van der Waals surface area contributed by atoms with Gasteiger partial charge in [-0.25, -0.2) is 0 Å². The van der Waals surface area contributed by atoms with E-state index in [-0.39, 0.29) is 18.4 Å². The fourth-order valence-corrected chi connectivity index (χ4v) is 3.15. The molecule has 0 spiro atoms. The monoisotopic (exact) mass is 363 g/mol. The van der Waals surface area contributed by atoms with Gasteiger partial charge in [0.2, 0.25) is 11.8 Å². The molecule has 0 radical (unpaired) electrons. The lowest BCUT2D eigenvalue weighted by Crippen LogP contribution is -2.32. The molecule has 0 unspecified atom stereocenters. The third-order valence-corrected chi connectivity index (χ3v) is 4.73. The highest BCUT2D eigenvalue weighted by Crippen LogP contribution is 2.28. The topological polar surface area (TPSA) is 68.5 Å². The highest BCUT2D eigenvalue weighted by atomic mass is 16.5. The van der Waals surface area contributed by atoms with Gasteiger partial charge in [0.05, 0.1) is 5.92 Å². The second-order valence-corrected chi connectivity index (χ2v) is 6.74. The molecule has 3 aromatic rings. The second kappa shape index (κ2) is 7.61. The lowest BCUT2D eigenvalue weighted by molar-refractivity contribution is -0.132. The first-order valence-corrected chi connectivity index (χ1v) is 9.05. The minimum absolute atomic E-state index is 0.0281. The molecule has 1 aliphatic rings. The minimum atomic E-state index is -0.0281. The van der Waals surface area contributed by atoms with E-state index in [4.69, 9.17) is 9.15 Å². The summed E-state index contributed by atoms with van der Waals surface area (Å²) in [6.45, 7) is 3.32. The molecule has 1 saturated heterocycles. The molecule has 4 rings (SSSR count). The van der Waals surface area contributed by atoms with E-state index >= 15 is 0 Å². The van der Waals surface area contributed by atoms with Crippen molar-refractivity contribution in [2.75, 3.05) is 19.7 Å². The maximum Gasteiger partial charge on any atom is 0.260 e. The molecule has 0 aliphatic carbocycles. The summed E-state index contributed by atoms with van der Waals surface area (Å²) in [5, 5.41) is 8.36. The minimum Gasteiger partial charge on any atom is -0.484 e. The Morgan fingerprint density at radius 3 is 2.70 bits per heavy atom. The first kappa shape index (κ1) is 17.3. The summed E-state index contributed by atoms with van der Waals surface area (Å²) >= 11 is 0. The summed E-state index contributed by atoms with van der Waals surface area (Å²) in [6, 6.07) is 17.3. The molecule has 1 amide bonds. The lowest BCUT2D eigenvalue weighted by atomic mass is 10.1. The molecule has 2 aromatic carbocycles. The van der Waals surface area contributed by atoms with Crippen molar-refractivity contribution in [1.29, 1.82) is 0 Å². The van der Waals surface area contributed by atoms with Gasteiger partial charge in [0.1, 0.15) is 5.75 Å².